The second-order valence-electron chi connectivity index (χ2n) is 10.4. The molecule has 2 fully saturated rings. The highest BCUT2D eigenvalue weighted by Crippen LogP contribution is 2.44. The van der Waals surface area contributed by atoms with Gasteiger partial charge in [0.2, 0.25) is 15.9 Å². The van der Waals surface area contributed by atoms with Gasteiger partial charge in [-0.2, -0.15) is 4.31 Å². The Morgan fingerprint density at radius 3 is 2.66 bits per heavy atom. The number of H-pyrrole nitrogens is 1. The van der Waals surface area contributed by atoms with Crippen molar-refractivity contribution in [3.8, 4) is 0 Å². The molecule has 35 heavy (non-hydrogen) atoms. The average molecular weight is 509 g/mol. The number of fused-ring (bicyclic) bond motifs is 2. The molecular formula is C24H33FN4O5S. The standard InChI is InChI=1S/C24H33FN4O5S/c1-6-18(27-23(31)34-24(2,3)4)22(30)28-10-9-20-21(28)17(13-29(20)35(5,32)33)16-12-26-19-11-14(25)7-8-15(16)19/h7-8,11-12,17-18,20-21,26H,6,9-10,13H2,1-5H3,(H,27,31)/t17?,18?,20-,21-/m1/s1. The molecule has 0 spiro atoms. The molecule has 2 amide bonds. The van der Waals surface area contributed by atoms with E-state index in [0.29, 0.717) is 24.9 Å². The number of halogens is 1. The van der Waals surface area contributed by atoms with Crippen LogP contribution in [0, 0.1) is 5.82 Å². The largest absolute Gasteiger partial charge is 0.444 e. The van der Waals surface area contributed by atoms with Gasteiger partial charge in [0, 0.05) is 42.1 Å². The number of nitrogens with one attached hydrogen (secondary N) is 2. The van der Waals surface area contributed by atoms with Gasteiger partial charge in [0.15, 0.2) is 0 Å². The van der Waals surface area contributed by atoms with Crippen LogP contribution in [0.4, 0.5) is 9.18 Å². The predicted octanol–water partition coefficient (Wildman–Crippen LogP) is 2.94. The Hall–Kier alpha value is -2.66. The number of sulfonamides is 1. The highest BCUT2D eigenvalue weighted by Gasteiger charge is 2.54. The van der Waals surface area contributed by atoms with Crippen LogP contribution in [0.3, 0.4) is 0 Å². The number of carbonyl (C=O) groups excluding carboxylic acids is 2. The van der Waals surface area contributed by atoms with Crippen molar-refractivity contribution in [1.82, 2.24) is 19.5 Å². The maximum absolute atomic E-state index is 13.8. The van der Waals surface area contributed by atoms with E-state index >= 15 is 0 Å². The molecular weight excluding hydrogens is 475 g/mol. The molecule has 192 valence electrons. The van der Waals surface area contributed by atoms with Crippen LogP contribution in [0.25, 0.3) is 10.9 Å². The van der Waals surface area contributed by atoms with Gasteiger partial charge in [0.1, 0.15) is 17.5 Å². The van der Waals surface area contributed by atoms with Crippen molar-refractivity contribution in [3.05, 3.63) is 35.8 Å². The Balaban J connectivity index is 1.66. The van der Waals surface area contributed by atoms with Crippen molar-refractivity contribution < 1.29 is 27.1 Å². The summed E-state index contributed by atoms with van der Waals surface area (Å²) in [6.07, 6.45) is 3.14. The molecule has 0 saturated carbocycles. The Morgan fingerprint density at radius 1 is 1.31 bits per heavy atom. The number of hydrogen-bond donors (Lipinski definition) is 2. The molecule has 2 aromatic rings. The van der Waals surface area contributed by atoms with Gasteiger partial charge >= 0.3 is 6.09 Å². The minimum absolute atomic E-state index is 0.221. The van der Waals surface area contributed by atoms with Crippen molar-refractivity contribution in [2.45, 2.75) is 70.2 Å². The van der Waals surface area contributed by atoms with Crippen molar-refractivity contribution in [1.29, 1.82) is 0 Å². The van der Waals surface area contributed by atoms with Gasteiger partial charge < -0.3 is 19.9 Å². The zero-order valence-electron chi connectivity index (χ0n) is 20.7. The average Bonchev–Trinajstić information content (AvgIpc) is 3.42. The van der Waals surface area contributed by atoms with Gasteiger partial charge in [0.05, 0.1) is 12.3 Å². The molecule has 2 aliphatic rings. The van der Waals surface area contributed by atoms with Crippen molar-refractivity contribution in [3.63, 3.8) is 0 Å². The molecule has 2 aliphatic heterocycles. The van der Waals surface area contributed by atoms with Crippen molar-refractivity contribution >= 4 is 32.9 Å². The number of benzene rings is 1. The SMILES string of the molecule is CCC(NC(=O)OC(C)(C)C)C(=O)N1CC[C@@H]2[C@H]1C(c1c[nH]c3cc(F)ccc13)CN2S(C)(=O)=O. The fraction of sp³-hybridized carbons (Fsp3) is 0.583. The zero-order valence-corrected chi connectivity index (χ0v) is 21.5. The summed E-state index contributed by atoms with van der Waals surface area (Å²) in [4.78, 5) is 30.8. The fourth-order valence-electron chi connectivity index (χ4n) is 5.37. The predicted molar refractivity (Wildman–Crippen MR) is 130 cm³/mol. The van der Waals surface area contributed by atoms with E-state index in [2.05, 4.69) is 10.3 Å². The van der Waals surface area contributed by atoms with E-state index in [1.54, 1.807) is 44.9 Å². The van der Waals surface area contributed by atoms with Crippen LogP contribution in [0.1, 0.15) is 52.0 Å². The molecule has 2 N–H and O–H groups in total. The van der Waals surface area contributed by atoms with Crippen LogP contribution in [0.15, 0.2) is 24.4 Å². The number of ether oxygens (including phenoxy) is 1. The van der Waals surface area contributed by atoms with Gasteiger partial charge in [-0.3, -0.25) is 4.79 Å². The Morgan fingerprint density at radius 2 is 2.03 bits per heavy atom. The molecule has 1 aromatic heterocycles. The number of carbonyl (C=O) groups is 2. The molecule has 4 rings (SSSR count). The third-order valence-electron chi connectivity index (χ3n) is 6.76. The molecule has 2 unspecified atom stereocenters. The molecule has 9 nitrogen and oxygen atoms in total. The molecule has 2 saturated heterocycles. The molecule has 0 aliphatic carbocycles. The number of rotatable bonds is 5. The van der Waals surface area contributed by atoms with E-state index in [9.17, 15) is 22.4 Å². The smallest absolute Gasteiger partial charge is 0.408 e. The van der Waals surface area contributed by atoms with Crippen LogP contribution < -0.4 is 5.32 Å². The summed E-state index contributed by atoms with van der Waals surface area (Å²) in [5.74, 6) is -0.943. The monoisotopic (exact) mass is 508 g/mol. The lowest BCUT2D eigenvalue weighted by Gasteiger charge is -2.32. The van der Waals surface area contributed by atoms with Crippen molar-refractivity contribution in [2.24, 2.45) is 0 Å². The topological polar surface area (TPSA) is 112 Å². The first kappa shape index (κ1) is 25.4. The summed E-state index contributed by atoms with van der Waals surface area (Å²) in [6, 6.07) is 2.87. The Bertz CT molecular complexity index is 1240. The molecule has 3 heterocycles. The van der Waals surface area contributed by atoms with Gasteiger partial charge in [0.25, 0.3) is 0 Å². The lowest BCUT2D eigenvalue weighted by Crippen LogP contribution is -2.52. The Kier molecular flexibility index (Phi) is 6.60. The number of amides is 2. The molecule has 0 bridgehead atoms. The van der Waals surface area contributed by atoms with Gasteiger partial charge in [-0.05, 0) is 57.4 Å². The van der Waals surface area contributed by atoms with Crippen LogP contribution in [-0.4, -0.2) is 77.7 Å². The van der Waals surface area contributed by atoms with Crippen LogP contribution in [-0.2, 0) is 19.6 Å². The molecule has 11 heteroatoms. The normalized spacial score (nSPS) is 23.9. The number of aromatic nitrogens is 1. The summed E-state index contributed by atoms with van der Waals surface area (Å²) in [5.41, 5.74) is 0.753. The first-order valence-corrected chi connectivity index (χ1v) is 13.7. The van der Waals surface area contributed by atoms with Crippen molar-refractivity contribution in [2.75, 3.05) is 19.3 Å². The number of likely N-dealkylation sites (tertiary alicyclic amines) is 1. The van der Waals surface area contributed by atoms with Crippen LogP contribution in [0.2, 0.25) is 0 Å². The van der Waals surface area contributed by atoms with E-state index in [1.807, 2.05) is 0 Å². The second-order valence-corrected chi connectivity index (χ2v) is 12.3. The summed E-state index contributed by atoms with van der Waals surface area (Å²) >= 11 is 0. The van der Waals surface area contributed by atoms with E-state index in [0.717, 1.165) is 10.9 Å². The minimum Gasteiger partial charge on any atom is -0.444 e. The van der Waals surface area contributed by atoms with E-state index < -0.39 is 33.8 Å². The maximum Gasteiger partial charge on any atom is 0.408 e. The summed E-state index contributed by atoms with van der Waals surface area (Å²) < 4.78 is 45.8. The summed E-state index contributed by atoms with van der Waals surface area (Å²) in [6.45, 7) is 7.64. The second kappa shape index (κ2) is 9.09. The molecule has 4 atom stereocenters. The first-order valence-electron chi connectivity index (χ1n) is 11.8. The van der Waals surface area contributed by atoms with Crippen LogP contribution in [0.5, 0.6) is 0 Å². The number of aromatic amines is 1. The minimum atomic E-state index is -3.52. The lowest BCUT2D eigenvalue weighted by molar-refractivity contribution is -0.134. The highest BCUT2D eigenvalue weighted by molar-refractivity contribution is 7.88. The van der Waals surface area contributed by atoms with E-state index in [4.69, 9.17) is 4.74 Å². The summed E-state index contributed by atoms with van der Waals surface area (Å²) in [7, 11) is -3.52. The third kappa shape index (κ3) is 5.02. The van der Waals surface area contributed by atoms with Gasteiger partial charge in [-0.1, -0.05) is 6.92 Å². The molecule has 0 radical (unpaired) electrons. The van der Waals surface area contributed by atoms with E-state index in [-0.39, 0.29) is 30.2 Å². The lowest BCUT2D eigenvalue weighted by atomic mass is 9.91. The zero-order chi connectivity index (χ0) is 25.7. The van der Waals surface area contributed by atoms with Gasteiger partial charge in [-0.25, -0.2) is 17.6 Å². The quantitative estimate of drug-likeness (QED) is 0.645. The van der Waals surface area contributed by atoms with Crippen LogP contribution >= 0.6 is 0 Å². The highest BCUT2D eigenvalue weighted by atomic mass is 32.2. The summed E-state index contributed by atoms with van der Waals surface area (Å²) in [5, 5.41) is 3.47. The maximum atomic E-state index is 13.8. The molecule has 1 aromatic carbocycles. The number of hydrogen-bond acceptors (Lipinski definition) is 5. The Labute approximate surface area is 205 Å². The number of nitrogens with zero attached hydrogens (tertiary/aromatic N) is 2. The van der Waals surface area contributed by atoms with Gasteiger partial charge in [-0.15, -0.1) is 0 Å². The van der Waals surface area contributed by atoms with E-state index in [1.165, 1.54) is 22.7 Å². The first-order chi connectivity index (χ1) is 16.3. The fourth-order valence-corrected chi connectivity index (χ4v) is 6.53. The number of alkyl carbamates (subject to hydrolysis) is 1. The third-order valence-corrected chi connectivity index (χ3v) is 8.03.